The highest BCUT2D eigenvalue weighted by molar-refractivity contribution is 6.43. The maximum Gasteiger partial charge on any atom is 0.205 e. The maximum atomic E-state index is 6.03. The molecule has 0 saturated carbocycles. The van der Waals surface area contributed by atoms with Crippen LogP contribution in [-0.4, -0.2) is 21.3 Å². The molecule has 0 N–H and O–H groups in total. The molecule has 5 heteroatoms. The van der Waals surface area contributed by atoms with E-state index in [0.29, 0.717) is 27.3 Å². The van der Waals surface area contributed by atoms with Gasteiger partial charge in [0.1, 0.15) is 5.02 Å². The molecule has 0 saturated heterocycles. The Morgan fingerprint density at radius 2 is 1.20 bits per heavy atom. The molecule has 0 aromatic heterocycles. The van der Waals surface area contributed by atoms with Crippen LogP contribution < -0.4 is 14.2 Å². The van der Waals surface area contributed by atoms with Gasteiger partial charge in [-0.3, -0.25) is 0 Å². The molecule has 15 heavy (non-hydrogen) atoms. The van der Waals surface area contributed by atoms with Crippen LogP contribution in [0.1, 0.15) is 5.56 Å². The standard InChI is InChI=1S/C10H12Cl2O3/c1-5-6(11)7(12)9(14-3)10(15-4)8(5)13-2/h1-4H3. The summed E-state index contributed by atoms with van der Waals surface area (Å²) in [4.78, 5) is 0. The Kier molecular flexibility index (Phi) is 3.94. The van der Waals surface area contributed by atoms with Gasteiger partial charge in [-0.05, 0) is 6.92 Å². The molecule has 0 heterocycles. The largest absolute Gasteiger partial charge is 0.492 e. The first-order valence-electron chi connectivity index (χ1n) is 4.22. The van der Waals surface area contributed by atoms with Crippen molar-refractivity contribution in [1.29, 1.82) is 0 Å². The van der Waals surface area contributed by atoms with E-state index < -0.39 is 0 Å². The van der Waals surface area contributed by atoms with E-state index in [-0.39, 0.29) is 0 Å². The minimum absolute atomic E-state index is 0.328. The van der Waals surface area contributed by atoms with E-state index >= 15 is 0 Å². The van der Waals surface area contributed by atoms with Crippen LogP contribution in [0.3, 0.4) is 0 Å². The summed E-state index contributed by atoms with van der Waals surface area (Å²) in [6, 6.07) is 0. The van der Waals surface area contributed by atoms with Crippen LogP contribution in [0.2, 0.25) is 10.0 Å². The van der Waals surface area contributed by atoms with Crippen LogP contribution in [0.15, 0.2) is 0 Å². The minimum atomic E-state index is 0.328. The van der Waals surface area contributed by atoms with Gasteiger partial charge in [-0.1, -0.05) is 23.2 Å². The minimum Gasteiger partial charge on any atom is -0.492 e. The lowest BCUT2D eigenvalue weighted by molar-refractivity contribution is 0.323. The fourth-order valence-corrected chi connectivity index (χ4v) is 1.83. The average Bonchev–Trinajstić information content (AvgIpc) is 2.25. The zero-order valence-corrected chi connectivity index (χ0v) is 10.5. The van der Waals surface area contributed by atoms with Gasteiger partial charge in [0.2, 0.25) is 5.75 Å². The van der Waals surface area contributed by atoms with Crippen molar-refractivity contribution in [3.05, 3.63) is 15.6 Å². The predicted octanol–water partition coefficient (Wildman–Crippen LogP) is 3.33. The second-order valence-corrected chi connectivity index (χ2v) is 3.61. The summed E-state index contributed by atoms with van der Waals surface area (Å²) in [6.07, 6.45) is 0. The van der Waals surface area contributed by atoms with Gasteiger partial charge in [0.05, 0.1) is 26.4 Å². The van der Waals surface area contributed by atoms with Gasteiger partial charge in [0.25, 0.3) is 0 Å². The molecule has 1 aromatic rings. The van der Waals surface area contributed by atoms with E-state index in [0.717, 1.165) is 5.56 Å². The summed E-state index contributed by atoms with van der Waals surface area (Å²) >= 11 is 12.0. The molecule has 0 spiro atoms. The van der Waals surface area contributed by atoms with Gasteiger partial charge in [-0.25, -0.2) is 0 Å². The first-order chi connectivity index (χ1) is 7.08. The molecule has 0 aliphatic heterocycles. The van der Waals surface area contributed by atoms with Crippen molar-refractivity contribution in [2.75, 3.05) is 21.3 Å². The van der Waals surface area contributed by atoms with Crippen LogP contribution in [0.25, 0.3) is 0 Å². The Morgan fingerprint density at radius 1 is 0.733 bits per heavy atom. The van der Waals surface area contributed by atoms with E-state index in [1.165, 1.54) is 21.3 Å². The summed E-state index contributed by atoms with van der Waals surface area (Å²) in [7, 11) is 4.55. The van der Waals surface area contributed by atoms with Crippen molar-refractivity contribution >= 4 is 23.2 Å². The fourth-order valence-electron chi connectivity index (χ4n) is 1.35. The molecule has 3 nitrogen and oxygen atoms in total. The van der Waals surface area contributed by atoms with Crippen LogP contribution in [-0.2, 0) is 0 Å². The van der Waals surface area contributed by atoms with Crippen molar-refractivity contribution in [3.63, 3.8) is 0 Å². The van der Waals surface area contributed by atoms with Crippen molar-refractivity contribution in [2.45, 2.75) is 6.92 Å². The Hall–Kier alpha value is -0.800. The topological polar surface area (TPSA) is 27.7 Å². The second-order valence-electron chi connectivity index (χ2n) is 2.85. The molecule has 1 aromatic carbocycles. The van der Waals surface area contributed by atoms with E-state index in [2.05, 4.69) is 0 Å². The normalized spacial score (nSPS) is 10.0. The molecular formula is C10H12Cl2O3. The Labute approximate surface area is 98.8 Å². The molecule has 0 atom stereocenters. The Morgan fingerprint density at radius 3 is 1.60 bits per heavy atom. The van der Waals surface area contributed by atoms with Crippen LogP contribution in [0.5, 0.6) is 17.2 Å². The smallest absolute Gasteiger partial charge is 0.205 e. The lowest BCUT2D eigenvalue weighted by Gasteiger charge is -2.16. The van der Waals surface area contributed by atoms with Gasteiger partial charge in [-0.2, -0.15) is 0 Å². The lowest BCUT2D eigenvalue weighted by Crippen LogP contribution is -1.98. The van der Waals surface area contributed by atoms with E-state index in [1.807, 2.05) is 0 Å². The number of halogens is 2. The highest BCUT2D eigenvalue weighted by Crippen LogP contribution is 2.49. The van der Waals surface area contributed by atoms with E-state index in [4.69, 9.17) is 37.4 Å². The molecule has 0 bridgehead atoms. The molecule has 0 radical (unpaired) electrons. The van der Waals surface area contributed by atoms with E-state index in [1.54, 1.807) is 6.92 Å². The highest BCUT2D eigenvalue weighted by Gasteiger charge is 2.22. The number of rotatable bonds is 3. The van der Waals surface area contributed by atoms with Gasteiger partial charge < -0.3 is 14.2 Å². The Balaban J connectivity index is 3.59. The van der Waals surface area contributed by atoms with Gasteiger partial charge in [0.15, 0.2) is 11.5 Å². The van der Waals surface area contributed by atoms with E-state index in [9.17, 15) is 0 Å². The zero-order valence-electron chi connectivity index (χ0n) is 8.98. The number of benzene rings is 1. The molecule has 0 aliphatic rings. The number of hydrogen-bond acceptors (Lipinski definition) is 3. The molecule has 1 rings (SSSR count). The third-order valence-electron chi connectivity index (χ3n) is 2.09. The summed E-state index contributed by atoms with van der Waals surface area (Å²) in [5.74, 6) is 1.36. The van der Waals surface area contributed by atoms with Crippen molar-refractivity contribution in [1.82, 2.24) is 0 Å². The molecular weight excluding hydrogens is 239 g/mol. The number of ether oxygens (including phenoxy) is 3. The average molecular weight is 251 g/mol. The highest BCUT2D eigenvalue weighted by atomic mass is 35.5. The summed E-state index contributed by atoms with van der Waals surface area (Å²) in [5.41, 5.74) is 0.724. The third kappa shape index (κ3) is 1.94. The monoisotopic (exact) mass is 250 g/mol. The SMILES string of the molecule is COc1c(C)c(Cl)c(Cl)c(OC)c1OC. The maximum absolute atomic E-state index is 6.03. The molecule has 0 unspecified atom stereocenters. The van der Waals surface area contributed by atoms with Gasteiger partial charge >= 0.3 is 0 Å². The predicted molar refractivity (Wildman–Crippen MR) is 60.9 cm³/mol. The van der Waals surface area contributed by atoms with Crippen molar-refractivity contribution in [3.8, 4) is 17.2 Å². The molecule has 0 aliphatic carbocycles. The van der Waals surface area contributed by atoms with Crippen molar-refractivity contribution in [2.24, 2.45) is 0 Å². The lowest BCUT2D eigenvalue weighted by atomic mass is 10.2. The zero-order chi connectivity index (χ0) is 11.6. The van der Waals surface area contributed by atoms with Crippen LogP contribution >= 0.6 is 23.2 Å². The van der Waals surface area contributed by atoms with Gasteiger partial charge in [0, 0.05) is 5.56 Å². The second kappa shape index (κ2) is 4.81. The van der Waals surface area contributed by atoms with Crippen molar-refractivity contribution < 1.29 is 14.2 Å². The van der Waals surface area contributed by atoms with Gasteiger partial charge in [-0.15, -0.1) is 0 Å². The fraction of sp³-hybridized carbons (Fsp3) is 0.400. The number of hydrogen-bond donors (Lipinski definition) is 0. The summed E-state index contributed by atoms with van der Waals surface area (Å²) in [6.45, 7) is 1.80. The molecule has 84 valence electrons. The quantitative estimate of drug-likeness (QED) is 0.824. The summed E-state index contributed by atoms with van der Waals surface area (Å²) in [5, 5.41) is 0.737. The molecule has 0 amide bonds. The number of methoxy groups -OCH3 is 3. The van der Waals surface area contributed by atoms with Crippen LogP contribution in [0.4, 0.5) is 0 Å². The first-order valence-corrected chi connectivity index (χ1v) is 4.97. The van der Waals surface area contributed by atoms with Crippen LogP contribution in [0, 0.1) is 6.92 Å². The summed E-state index contributed by atoms with van der Waals surface area (Å²) < 4.78 is 15.5. The molecule has 0 fully saturated rings. The third-order valence-corrected chi connectivity index (χ3v) is 3.02. The Bertz CT molecular complexity index is 346. The first kappa shape index (κ1) is 12.3.